The van der Waals surface area contributed by atoms with E-state index in [9.17, 15) is 9.59 Å². The molecular formula is C12H23NO6. The van der Waals surface area contributed by atoms with Gasteiger partial charge in [0.2, 0.25) is 5.91 Å². The normalized spacial score (nSPS) is 10.4. The molecule has 0 fully saturated rings. The fourth-order valence-electron chi connectivity index (χ4n) is 1.18. The molecule has 0 spiro atoms. The van der Waals surface area contributed by atoms with E-state index in [-0.39, 0.29) is 18.7 Å². The summed E-state index contributed by atoms with van der Waals surface area (Å²) >= 11 is 0. The van der Waals surface area contributed by atoms with E-state index in [4.69, 9.17) is 19.3 Å². The summed E-state index contributed by atoms with van der Waals surface area (Å²) in [6.45, 7) is 3.18. The molecule has 112 valence electrons. The fraction of sp³-hybridized carbons (Fsp3) is 0.833. The van der Waals surface area contributed by atoms with Gasteiger partial charge in [-0.15, -0.1) is 0 Å². The zero-order valence-corrected chi connectivity index (χ0v) is 11.4. The van der Waals surface area contributed by atoms with Gasteiger partial charge in [0.15, 0.2) is 0 Å². The average molecular weight is 277 g/mol. The molecule has 0 saturated heterocycles. The third-order valence-electron chi connectivity index (χ3n) is 2.16. The lowest BCUT2D eigenvalue weighted by molar-refractivity contribution is -0.138. The standard InChI is InChI=1S/C12H23NO6/c1-17-7-8-19-10-9-18-6-2-5-13-11(14)3-4-12(15)16/h2-10H2,1H3,(H,13,14)(H,15,16). The minimum Gasteiger partial charge on any atom is -0.481 e. The second-order valence-corrected chi connectivity index (χ2v) is 3.81. The topological polar surface area (TPSA) is 94.1 Å². The van der Waals surface area contributed by atoms with Crippen LogP contribution in [0.2, 0.25) is 0 Å². The van der Waals surface area contributed by atoms with E-state index in [0.29, 0.717) is 46.0 Å². The summed E-state index contributed by atoms with van der Waals surface area (Å²) in [5, 5.41) is 11.0. The Balaban J connectivity index is 3.13. The van der Waals surface area contributed by atoms with Crippen molar-refractivity contribution in [3.8, 4) is 0 Å². The van der Waals surface area contributed by atoms with Gasteiger partial charge in [-0.3, -0.25) is 9.59 Å². The van der Waals surface area contributed by atoms with Crippen LogP contribution in [0.25, 0.3) is 0 Å². The zero-order valence-electron chi connectivity index (χ0n) is 11.4. The molecule has 2 N–H and O–H groups in total. The maximum Gasteiger partial charge on any atom is 0.303 e. The van der Waals surface area contributed by atoms with Crippen molar-refractivity contribution in [2.45, 2.75) is 19.3 Å². The Kier molecular flexibility index (Phi) is 12.4. The number of carbonyl (C=O) groups excluding carboxylic acids is 1. The molecule has 0 heterocycles. The van der Waals surface area contributed by atoms with Crippen LogP contribution < -0.4 is 5.32 Å². The van der Waals surface area contributed by atoms with E-state index in [1.807, 2.05) is 0 Å². The number of amides is 1. The first-order chi connectivity index (χ1) is 9.16. The number of carbonyl (C=O) groups is 2. The predicted molar refractivity (Wildman–Crippen MR) is 68.0 cm³/mol. The lowest BCUT2D eigenvalue weighted by Gasteiger charge is -2.06. The Morgan fingerprint density at radius 2 is 1.63 bits per heavy atom. The average Bonchev–Trinajstić information content (AvgIpc) is 2.38. The molecule has 0 aliphatic carbocycles. The lowest BCUT2D eigenvalue weighted by Crippen LogP contribution is -2.25. The molecule has 0 aliphatic heterocycles. The molecule has 0 aromatic rings. The van der Waals surface area contributed by atoms with Crippen LogP contribution >= 0.6 is 0 Å². The van der Waals surface area contributed by atoms with Crippen molar-refractivity contribution in [1.82, 2.24) is 5.32 Å². The van der Waals surface area contributed by atoms with Crippen LogP contribution in [0.1, 0.15) is 19.3 Å². The van der Waals surface area contributed by atoms with E-state index in [1.54, 1.807) is 7.11 Å². The van der Waals surface area contributed by atoms with Gasteiger partial charge in [-0.05, 0) is 6.42 Å². The summed E-state index contributed by atoms with van der Waals surface area (Å²) in [5.41, 5.74) is 0. The maximum absolute atomic E-state index is 11.1. The van der Waals surface area contributed by atoms with Gasteiger partial charge < -0.3 is 24.6 Å². The lowest BCUT2D eigenvalue weighted by atomic mass is 10.3. The van der Waals surface area contributed by atoms with Gasteiger partial charge in [-0.25, -0.2) is 0 Å². The Hall–Kier alpha value is -1.18. The van der Waals surface area contributed by atoms with Crippen LogP contribution in [0.15, 0.2) is 0 Å². The Morgan fingerprint density at radius 3 is 2.26 bits per heavy atom. The van der Waals surface area contributed by atoms with Crippen molar-refractivity contribution in [1.29, 1.82) is 0 Å². The summed E-state index contributed by atoms with van der Waals surface area (Å²) in [6, 6.07) is 0. The molecular weight excluding hydrogens is 254 g/mol. The van der Waals surface area contributed by atoms with Crippen LogP contribution in [0.4, 0.5) is 0 Å². The minimum absolute atomic E-state index is 0.0174. The first-order valence-corrected chi connectivity index (χ1v) is 6.29. The maximum atomic E-state index is 11.1. The Bertz CT molecular complexity index is 246. The number of aliphatic carboxylic acids is 1. The van der Waals surface area contributed by atoms with Gasteiger partial charge >= 0.3 is 5.97 Å². The quantitative estimate of drug-likeness (QED) is 0.462. The minimum atomic E-state index is -0.966. The highest BCUT2D eigenvalue weighted by Crippen LogP contribution is 1.89. The molecule has 0 saturated carbocycles. The molecule has 7 heteroatoms. The zero-order chi connectivity index (χ0) is 14.3. The summed E-state index contributed by atoms with van der Waals surface area (Å²) in [6.07, 6.45) is 0.571. The second kappa shape index (κ2) is 13.3. The Morgan fingerprint density at radius 1 is 1.00 bits per heavy atom. The molecule has 0 aromatic carbocycles. The van der Waals surface area contributed by atoms with E-state index in [2.05, 4.69) is 5.32 Å². The SMILES string of the molecule is COCCOCCOCCCNC(=O)CCC(=O)O. The highest BCUT2D eigenvalue weighted by Gasteiger charge is 2.03. The van der Waals surface area contributed by atoms with Gasteiger partial charge in [0.05, 0.1) is 32.8 Å². The van der Waals surface area contributed by atoms with Crippen LogP contribution in [-0.4, -0.2) is 63.7 Å². The first kappa shape index (κ1) is 17.8. The molecule has 0 radical (unpaired) electrons. The second-order valence-electron chi connectivity index (χ2n) is 3.81. The van der Waals surface area contributed by atoms with E-state index >= 15 is 0 Å². The number of ether oxygens (including phenoxy) is 3. The molecule has 0 aromatic heterocycles. The first-order valence-electron chi connectivity index (χ1n) is 6.29. The van der Waals surface area contributed by atoms with Crippen molar-refractivity contribution < 1.29 is 28.9 Å². The molecule has 0 rings (SSSR count). The van der Waals surface area contributed by atoms with E-state index < -0.39 is 5.97 Å². The predicted octanol–water partition coefficient (Wildman–Crippen LogP) is 0.0371. The smallest absolute Gasteiger partial charge is 0.303 e. The molecule has 7 nitrogen and oxygen atoms in total. The summed E-state index contributed by atoms with van der Waals surface area (Å²) in [4.78, 5) is 21.4. The van der Waals surface area contributed by atoms with Gasteiger partial charge in [-0.2, -0.15) is 0 Å². The molecule has 0 bridgehead atoms. The van der Waals surface area contributed by atoms with Gasteiger partial charge in [0.1, 0.15) is 0 Å². The number of hydrogen-bond donors (Lipinski definition) is 2. The van der Waals surface area contributed by atoms with Crippen molar-refractivity contribution in [2.24, 2.45) is 0 Å². The monoisotopic (exact) mass is 277 g/mol. The van der Waals surface area contributed by atoms with Crippen LogP contribution in [0.5, 0.6) is 0 Å². The van der Waals surface area contributed by atoms with Crippen molar-refractivity contribution in [2.75, 3.05) is 46.7 Å². The van der Waals surface area contributed by atoms with Gasteiger partial charge in [-0.1, -0.05) is 0 Å². The molecule has 1 amide bonds. The molecule has 19 heavy (non-hydrogen) atoms. The summed E-state index contributed by atoms with van der Waals surface area (Å²) < 4.78 is 15.3. The van der Waals surface area contributed by atoms with E-state index in [1.165, 1.54) is 0 Å². The molecule has 0 atom stereocenters. The molecule has 0 aliphatic rings. The number of rotatable bonds is 13. The number of carboxylic acids is 1. The number of carboxylic acid groups (broad SMARTS) is 1. The highest BCUT2D eigenvalue weighted by molar-refractivity contribution is 5.80. The van der Waals surface area contributed by atoms with Gasteiger partial charge in [0.25, 0.3) is 0 Å². The van der Waals surface area contributed by atoms with Crippen LogP contribution in [0.3, 0.4) is 0 Å². The van der Waals surface area contributed by atoms with Crippen molar-refractivity contribution in [3.05, 3.63) is 0 Å². The van der Waals surface area contributed by atoms with E-state index in [0.717, 1.165) is 0 Å². The highest BCUT2D eigenvalue weighted by atomic mass is 16.5. The number of nitrogens with one attached hydrogen (secondary N) is 1. The largest absolute Gasteiger partial charge is 0.481 e. The van der Waals surface area contributed by atoms with Crippen molar-refractivity contribution in [3.63, 3.8) is 0 Å². The molecule has 0 unspecified atom stereocenters. The van der Waals surface area contributed by atoms with Crippen LogP contribution in [-0.2, 0) is 23.8 Å². The number of methoxy groups -OCH3 is 1. The van der Waals surface area contributed by atoms with Crippen LogP contribution in [0, 0.1) is 0 Å². The van der Waals surface area contributed by atoms with Crippen molar-refractivity contribution >= 4 is 11.9 Å². The third kappa shape index (κ3) is 14.8. The number of hydrogen-bond acceptors (Lipinski definition) is 5. The third-order valence-corrected chi connectivity index (χ3v) is 2.16. The fourth-order valence-corrected chi connectivity index (χ4v) is 1.18. The summed E-state index contributed by atoms with van der Waals surface area (Å²) in [7, 11) is 1.62. The Labute approximate surface area is 113 Å². The van der Waals surface area contributed by atoms with Gasteiger partial charge in [0, 0.05) is 26.7 Å². The summed E-state index contributed by atoms with van der Waals surface area (Å²) in [5.74, 6) is -1.21.